The van der Waals surface area contributed by atoms with Crippen molar-refractivity contribution >= 4 is 28.6 Å². The zero-order chi connectivity index (χ0) is 14.2. The van der Waals surface area contributed by atoms with Crippen LogP contribution in [-0.2, 0) is 0 Å². The Balaban J connectivity index is 1.80. The molecule has 106 valence electrons. The molecule has 1 N–H and O–H groups in total. The molecule has 0 amide bonds. The van der Waals surface area contributed by atoms with Gasteiger partial charge in [-0.2, -0.15) is 11.8 Å². The fourth-order valence-electron chi connectivity index (χ4n) is 2.35. The maximum Gasteiger partial charge on any atom is 0.161 e. The summed E-state index contributed by atoms with van der Waals surface area (Å²) < 4.78 is 26.5. The molecule has 6 heteroatoms. The van der Waals surface area contributed by atoms with Gasteiger partial charge in [-0.25, -0.2) is 13.8 Å². The van der Waals surface area contributed by atoms with Gasteiger partial charge in [-0.1, -0.05) is 0 Å². The minimum atomic E-state index is -0.901. The van der Waals surface area contributed by atoms with E-state index in [9.17, 15) is 8.78 Å². The van der Waals surface area contributed by atoms with E-state index in [1.165, 1.54) is 18.6 Å². The van der Waals surface area contributed by atoms with Crippen LogP contribution in [0.1, 0.15) is 19.8 Å². The zero-order valence-corrected chi connectivity index (χ0v) is 11.9. The molecule has 1 saturated heterocycles. The van der Waals surface area contributed by atoms with Crippen molar-refractivity contribution in [1.29, 1.82) is 0 Å². The maximum absolute atomic E-state index is 13.2. The van der Waals surface area contributed by atoms with Crippen molar-refractivity contribution in [1.82, 2.24) is 9.97 Å². The lowest BCUT2D eigenvalue weighted by molar-refractivity contribution is 0.510. The molecule has 3 rings (SSSR count). The Bertz CT molecular complexity index is 642. The van der Waals surface area contributed by atoms with E-state index >= 15 is 0 Å². The molecule has 3 nitrogen and oxygen atoms in total. The molecular formula is C14H15F2N3S. The number of fused-ring (bicyclic) bond motifs is 1. The lowest BCUT2D eigenvalue weighted by atomic mass is 10.1. The average Bonchev–Trinajstić information content (AvgIpc) is 2.85. The number of halogens is 2. The van der Waals surface area contributed by atoms with Crippen LogP contribution in [0.3, 0.4) is 0 Å². The largest absolute Gasteiger partial charge is 0.367 e. The van der Waals surface area contributed by atoms with Gasteiger partial charge < -0.3 is 5.32 Å². The SMILES string of the molecule is CC1(CNc2cnc3cc(F)c(F)cc3n2)CCCS1. The van der Waals surface area contributed by atoms with E-state index in [1.54, 1.807) is 6.20 Å². The van der Waals surface area contributed by atoms with E-state index in [4.69, 9.17) is 0 Å². The summed E-state index contributed by atoms with van der Waals surface area (Å²) in [6.45, 7) is 3.02. The third-order valence-electron chi connectivity index (χ3n) is 3.53. The number of benzene rings is 1. The molecule has 2 aromatic rings. The Kier molecular flexibility index (Phi) is 3.50. The summed E-state index contributed by atoms with van der Waals surface area (Å²) >= 11 is 1.95. The molecule has 1 aromatic heterocycles. The molecule has 1 atom stereocenters. The average molecular weight is 295 g/mol. The number of thioether (sulfide) groups is 1. The number of hydrogen-bond donors (Lipinski definition) is 1. The summed E-state index contributed by atoms with van der Waals surface area (Å²) in [6.07, 6.45) is 3.96. The highest BCUT2D eigenvalue weighted by Crippen LogP contribution is 2.37. The molecule has 1 unspecified atom stereocenters. The van der Waals surface area contributed by atoms with Gasteiger partial charge in [0.25, 0.3) is 0 Å². The first-order valence-electron chi connectivity index (χ1n) is 6.55. The van der Waals surface area contributed by atoms with Gasteiger partial charge in [-0.15, -0.1) is 0 Å². The maximum atomic E-state index is 13.2. The van der Waals surface area contributed by atoms with Gasteiger partial charge >= 0.3 is 0 Å². The van der Waals surface area contributed by atoms with Crippen molar-refractivity contribution < 1.29 is 8.78 Å². The topological polar surface area (TPSA) is 37.8 Å². The van der Waals surface area contributed by atoms with E-state index in [-0.39, 0.29) is 4.75 Å². The van der Waals surface area contributed by atoms with E-state index in [2.05, 4.69) is 22.2 Å². The summed E-state index contributed by atoms with van der Waals surface area (Å²) in [6, 6.07) is 2.14. The molecule has 1 aromatic carbocycles. The normalized spacial score (nSPS) is 22.4. The van der Waals surface area contributed by atoms with Gasteiger partial charge in [0.15, 0.2) is 11.6 Å². The number of hydrogen-bond acceptors (Lipinski definition) is 4. The minimum Gasteiger partial charge on any atom is -0.367 e. The number of anilines is 1. The molecule has 20 heavy (non-hydrogen) atoms. The van der Waals surface area contributed by atoms with Crippen LogP contribution in [-0.4, -0.2) is 27.0 Å². The minimum absolute atomic E-state index is 0.213. The summed E-state index contributed by atoms with van der Waals surface area (Å²) in [5, 5.41) is 3.24. The molecular weight excluding hydrogens is 280 g/mol. The number of nitrogens with one attached hydrogen (secondary N) is 1. The molecule has 1 aliphatic heterocycles. The van der Waals surface area contributed by atoms with Crippen molar-refractivity contribution in [3.05, 3.63) is 30.0 Å². The third kappa shape index (κ3) is 2.70. The second-order valence-corrected chi connectivity index (χ2v) is 6.95. The van der Waals surface area contributed by atoms with E-state index in [0.29, 0.717) is 16.9 Å². The van der Waals surface area contributed by atoms with Crippen LogP contribution in [0.15, 0.2) is 18.3 Å². The smallest absolute Gasteiger partial charge is 0.161 e. The van der Waals surface area contributed by atoms with E-state index in [0.717, 1.165) is 18.7 Å². The van der Waals surface area contributed by atoms with Crippen LogP contribution in [0.4, 0.5) is 14.6 Å². The Labute approximate surface area is 120 Å². The van der Waals surface area contributed by atoms with E-state index in [1.807, 2.05) is 11.8 Å². The highest BCUT2D eigenvalue weighted by atomic mass is 32.2. The first-order valence-corrected chi connectivity index (χ1v) is 7.54. The van der Waals surface area contributed by atoms with Gasteiger partial charge in [0.2, 0.25) is 0 Å². The van der Waals surface area contributed by atoms with Crippen LogP contribution in [0.5, 0.6) is 0 Å². The second-order valence-electron chi connectivity index (χ2n) is 5.27. The Morgan fingerprint density at radius 3 is 2.75 bits per heavy atom. The fourth-order valence-corrected chi connectivity index (χ4v) is 3.59. The molecule has 1 fully saturated rings. The third-order valence-corrected chi connectivity index (χ3v) is 5.07. The van der Waals surface area contributed by atoms with E-state index < -0.39 is 11.6 Å². The van der Waals surface area contributed by atoms with Gasteiger partial charge in [0, 0.05) is 23.4 Å². The molecule has 0 bridgehead atoms. The van der Waals surface area contributed by atoms with Crippen molar-refractivity contribution in [3.8, 4) is 0 Å². The summed E-state index contributed by atoms with van der Waals surface area (Å²) in [4.78, 5) is 8.39. The standard InChI is InChI=1S/C14H15F2N3S/c1-14(3-2-4-20-14)8-18-13-7-17-11-5-9(15)10(16)6-12(11)19-13/h5-7H,2-4,8H2,1H3,(H,18,19). The lowest BCUT2D eigenvalue weighted by Crippen LogP contribution is -2.27. The highest BCUT2D eigenvalue weighted by Gasteiger charge is 2.29. The first-order chi connectivity index (χ1) is 9.56. The van der Waals surface area contributed by atoms with Crippen LogP contribution in [0.25, 0.3) is 11.0 Å². The van der Waals surface area contributed by atoms with Gasteiger partial charge in [-0.3, -0.25) is 4.98 Å². The Hall–Kier alpha value is -1.43. The quantitative estimate of drug-likeness (QED) is 0.939. The van der Waals surface area contributed by atoms with Crippen LogP contribution < -0.4 is 5.32 Å². The predicted octanol–water partition coefficient (Wildman–Crippen LogP) is 3.61. The fraction of sp³-hybridized carbons (Fsp3) is 0.429. The van der Waals surface area contributed by atoms with Crippen molar-refractivity contribution in [2.24, 2.45) is 0 Å². The molecule has 1 aliphatic rings. The second kappa shape index (κ2) is 5.16. The highest BCUT2D eigenvalue weighted by molar-refractivity contribution is 8.00. The summed E-state index contributed by atoms with van der Waals surface area (Å²) in [7, 11) is 0. The molecule has 0 saturated carbocycles. The van der Waals surface area contributed by atoms with Gasteiger partial charge in [-0.05, 0) is 25.5 Å². The predicted molar refractivity (Wildman–Crippen MR) is 78.0 cm³/mol. The lowest BCUT2D eigenvalue weighted by Gasteiger charge is -2.23. The van der Waals surface area contributed by atoms with Crippen molar-refractivity contribution in [2.45, 2.75) is 24.5 Å². The zero-order valence-electron chi connectivity index (χ0n) is 11.1. The summed E-state index contributed by atoms with van der Waals surface area (Å²) in [5.41, 5.74) is 0.717. The van der Waals surface area contributed by atoms with Crippen molar-refractivity contribution in [3.63, 3.8) is 0 Å². The number of aromatic nitrogens is 2. The number of nitrogens with zero attached hydrogens (tertiary/aromatic N) is 2. The Morgan fingerprint density at radius 1 is 1.30 bits per heavy atom. The van der Waals surface area contributed by atoms with Gasteiger partial charge in [0.1, 0.15) is 5.82 Å². The molecule has 0 spiro atoms. The van der Waals surface area contributed by atoms with Crippen LogP contribution in [0, 0.1) is 11.6 Å². The molecule has 0 radical (unpaired) electrons. The molecule has 0 aliphatic carbocycles. The first kappa shape index (κ1) is 13.5. The molecule has 2 heterocycles. The Morgan fingerprint density at radius 2 is 2.05 bits per heavy atom. The van der Waals surface area contributed by atoms with Crippen LogP contribution in [0.2, 0.25) is 0 Å². The van der Waals surface area contributed by atoms with Crippen molar-refractivity contribution in [2.75, 3.05) is 17.6 Å². The van der Waals surface area contributed by atoms with Crippen LogP contribution >= 0.6 is 11.8 Å². The monoisotopic (exact) mass is 295 g/mol. The summed E-state index contributed by atoms with van der Waals surface area (Å²) in [5.74, 6) is -0.0200. The number of rotatable bonds is 3. The van der Waals surface area contributed by atoms with Gasteiger partial charge in [0.05, 0.1) is 17.2 Å².